The number of halogens is 1. The van der Waals surface area contributed by atoms with E-state index in [0.29, 0.717) is 5.56 Å². The molecule has 0 fully saturated rings. The maximum atomic E-state index is 11.8. The van der Waals surface area contributed by atoms with Gasteiger partial charge in [-0.15, -0.1) is 0 Å². The Labute approximate surface area is 112 Å². The molecular weight excluding hydrogens is 300 g/mol. The highest BCUT2D eigenvalue weighted by molar-refractivity contribution is 9.08. The van der Waals surface area contributed by atoms with Gasteiger partial charge in [-0.1, -0.05) is 12.1 Å². The van der Waals surface area contributed by atoms with Crippen LogP contribution in [0.3, 0.4) is 0 Å². The molecule has 2 rings (SSSR count). The summed E-state index contributed by atoms with van der Waals surface area (Å²) in [5, 5.41) is 3.92. The van der Waals surface area contributed by atoms with Crippen molar-refractivity contribution in [2.75, 3.05) is 14.2 Å². The Morgan fingerprint density at radius 3 is 2.39 bits per heavy atom. The Kier molecular flexibility index (Phi) is 3.66. The SMILES string of the molecule is COc1ccc(-c2cnn(Br)c(=O)c2OC)cc1. The molecule has 0 aliphatic rings. The predicted octanol–water partition coefficient (Wildman–Crippen LogP) is 2.09. The molecule has 0 amide bonds. The second-order valence-electron chi connectivity index (χ2n) is 3.49. The molecule has 0 spiro atoms. The van der Waals surface area contributed by atoms with Gasteiger partial charge in [-0.05, 0) is 17.7 Å². The summed E-state index contributed by atoms with van der Waals surface area (Å²) >= 11 is 3.01. The molecule has 1 aromatic carbocycles. The first kappa shape index (κ1) is 12.6. The van der Waals surface area contributed by atoms with Crippen molar-refractivity contribution < 1.29 is 9.47 Å². The third-order valence-corrected chi connectivity index (χ3v) is 3.01. The molecule has 0 saturated carbocycles. The second-order valence-corrected chi connectivity index (χ2v) is 4.16. The average Bonchev–Trinajstić information content (AvgIpc) is 2.42. The fourth-order valence-corrected chi connectivity index (χ4v) is 1.84. The Balaban J connectivity index is 2.56. The van der Waals surface area contributed by atoms with Crippen LogP contribution in [0.4, 0.5) is 0 Å². The number of hydrogen-bond acceptors (Lipinski definition) is 4. The van der Waals surface area contributed by atoms with Gasteiger partial charge in [-0.25, -0.2) is 0 Å². The quantitative estimate of drug-likeness (QED) is 0.871. The second kappa shape index (κ2) is 5.22. The Morgan fingerprint density at radius 2 is 1.83 bits per heavy atom. The summed E-state index contributed by atoms with van der Waals surface area (Å²) in [7, 11) is 3.06. The first-order chi connectivity index (χ1) is 8.67. The largest absolute Gasteiger partial charge is 0.497 e. The van der Waals surface area contributed by atoms with Crippen molar-refractivity contribution in [1.29, 1.82) is 0 Å². The molecule has 1 aromatic heterocycles. The third-order valence-electron chi connectivity index (χ3n) is 2.50. The zero-order chi connectivity index (χ0) is 13.1. The van der Waals surface area contributed by atoms with Crippen LogP contribution in [0.15, 0.2) is 35.3 Å². The minimum atomic E-state index is -0.342. The van der Waals surface area contributed by atoms with Gasteiger partial charge >= 0.3 is 5.56 Å². The first-order valence-corrected chi connectivity index (χ1v) is 5.85. The van der Waals surface area contributed by atoms with Gasteiger partial charge < -0.3 is 9.47 Å². The van der Waals surface area contributed by atoms with Crippen LogP contribution < -0.4 is 15.0 Å². The van der Waals surface area contributed by atoms with E-state index in [1.54, 1.807) is 13.3 Å². The van der Waals surface area contributed by atoms with Crippen molar-refractivity contribution in [2.45, 2.75) is 0 Å². The first-order valence-electron chi connectivity index (χ1n) is 5.14. The number of rotatable bonds is 3. The molecule has 18 heavy (non-hydrogen) atoms. The van der Waals surface area contributed by atoms with Crippen molar-refractivity contribution in [1.82, 2.24) is 8.81 Å². The molecule has 0 bridgehead atoms. The van der Waals surface area contributed by atoms with Crippen LogP contribution in [0, 0.1) is 0 Å². The van der Waals surface area contributed by atoms with E-state index in [-0.39, 0.29) is 11.3 Å². The van der Waals surface area contributed by atoms with Crippen molar-refractivity contribution in [3.63, 3.8) is 0 Å². The van der Waals surface area contributed by atoms with Crippen LogP contribution in [0.5, 0.6) is 11.5 Å². The lowest BCUT2D eigenvalue weighted by Gasteiger charge is -2.08. The smallest absolute Gasteiger partial charge is 0.320 e. The molecule has 0 N–H and O–H groups in total. The lowest BCUT2D eigenvalue weighted by Crippen LogP contribution is -2.17. The summed E-state index contributed by atoms with van der Waals surface area (Å²) in [6.45, 7) is 0. The summed E-state index contributed by atoms with van der Waals surface area (Å²) in [4.78, 5) is 11.8. The topological polar surface area (TPSA) is 53.4 Å². The van der Waals surface area contributed by atoms with Gasteiger partial charge in [0.05, 0.1) is 36.6 Å². The van der Waals surface area contributed by atoms with E-state index < -0.39 is 0 Å². The molecule has 5 nitrogen and oxygen atoms in total. The zero-order valence-electron chi connectivity index (χ0n) is 9.88. The van der Waals surface area contributed by atoms with Crippen LogP contribution in [0.25, 0.3) is 11.1 Å². The number of hydrogen-bond donors (Lipinski definition) is 0. The zero-order valence-corrected chi connectivity index (χ0v) is 11.5. The molecular formula is C12H11BrN2O3. The molecule has 94 valence electrons. The molecule has 2 aromatic rings. The monoisotopic (exact) mass is 310 g/mol. The standard InChI is InChI=1S/C12H11BrN2O3/c1-17-9-5-3-8(4-6-9)10-7-14-15(13)12(16)11(10)18-2/h3-7H,1-2H3. The van der Waals surface area contributed by atoms with E-state index in [4.69, 9.17) is 9.47 Å². The van der Waals surface area contributed by atoms with Gasteiger partial charge in [0, 0.05) is 5.56 Å². The van der Waals surface area contributed by atoms with Crippen molar-refractivity contribution in [2.24, 2.45) is 0 Å². The highest BCUT2D eigenvalue weighted by Gasteiger charge is 2.12. The molecule has 6 heteroatoms. The van der Waals surface area contributed by atoms with Crippen molar-refractivity contribution in [3.8, 4) is 22.6 Å². The third kappa shape index (κ3) is 2.24. The summed E-state index contributed by atoms with van der Waals surface area (Å²) in [6.07, 6.45) is 1.57. The average molecular weight is 311 g/mol. The van der Waals surface area contributed by atoms with Crippen molar-refractivity contribution in [3.05, 3.63) is 40.8 Å². The van der Waals surface area contributed by atoms with Gasteiger partial charge in [0.1, 0.15) is 5.75 Å². The van der Waals surface area contributed by atoms with Crippen LogP contribution in [0.2, 0.25) is 0 Å². The number of methoxy groups -OCH3 is 2. The summed E-state index contributed by atoms with van der Waals surface area (Å²) in [6, 6.07) is 7.32. The van der Waals surface area contributed by atoms with Gasteiger partial charge in [0.2, 0.25) is 0 Å². The van der Waals surface area contributed by atoms with Crippen LogP contribution >= 0.6 is 16.1 Å². The molecule has 0 unspecified atom stereocenters. The lowest BCUT2D eigenvalue weighted by atomic mass is 10.1. The van der Waals surface area contributed by atoms with Gasteiger partial charge in [-0.2, -0.15) is 8.81 Å². The Morgan fingerprint density at radius 1 is 1.17 bits per heavy atom. The summed E-state index contributed by atoms with van der Waals surface area (Å²) < 4.78 is 11.3. The van der Waals surface area contributed by atoms with Gasteiger partial charge in [0.25, 0.3) is 0 Å². The van der Waals surface area contributed by atoms with Crippen LogP contribution in [-0.4, -0.2) is 23.0 Å². The maximum Gasteiger partial charge on any atom is 0.320 e. The van der Waals surface area contributed by atoms with E-state index in [2.05, 4.69) is 21.2 Å². The van der Waals surface area contributed by atoms with Crippen LogP contribution in [0.1, 0.15) is 0 Å². The minimum absolute atomic E-state index is 0.243. The molecule has 0 saturated heterocycles. The van der Waals surface area contributed by atoms with E-state index in [1.807, 2.05) is 24.3 Å². The predicted molar refractivity (Wildman–Crippen MR) is 71.4 cm³/mol. The summed E-state index contributed by atoms with van der Waals surface area (Å²) in [5.41, 5.74) is 1.14. The molecule has 0 aliphatic heterocycles. The van der Waals surface area contributed by atoms with E-state index in [0.717, 1.165) is 15.0 Å². The highest BCUT2D eigenvalue weighted by atomic mass is 79.9. The highest BCUT2D eigenvalue weighted by Crippen LogP contribution is 2.27. The number of ether oxygens (including phenoxy) is 2. The molecule has 1 heterocycles. The normalized spacial score (nSPS) is 10.2. The van der Waals surface area contributed by atoms with Gasteiger partial charge in [-0.3, -0.25) is 4.79 Å². The fraction of sp³-hybridized carbons (Fsp3) is 0.167. The molecule has 0 atom stereocenters. The van der Waals surface area contributed by atoms with Gasteiger partial charge in [0.15, 0.2) is 5.75 Å². The van der Waals surface area contributed by atoms with Crippen molar-refractivity contribution >= 4 is 16.1 Å². The Bertz CT molecular complexity index is 608. The van der Waals surface area contributed by atoms with Crippen LogP contribution in [-0.2, 0) is 0 Å². The van der Waals surface area contributed by atoms with E-state index in [9.17, 15) is 4.79 Å². The number of aromatic nitrogens is 2. The summed E-state index contributed by atoms with van der Waals surface area (Å²) in [5.74, 6) is 0.992. The molecule has 0 aliphatic carbocycles. The van der Waals surface area contributed by atoms with E-state index in [1.165, 1.54) is 7.11 Å². The number of benzene rings is 1. The molecule has 0 radical (unpaired) electrons. The fourth-order valence-electron chi connectivity index (χ4n) is 1.59. The van der Waals surface area contributed by atoms with E-state index >= 15 is 0 Å². The number of nitrogens with zero attached hydrogens (tertiary/aromatic N) is 2. The lowest BCUT2D eigenvalue weighted by molar-refractivity contribution is 0.407. The Hall–Kier alpha value is -1.82. The maximum absolute atomic E-state index is 11.8. The minimum Gasteiger partial charge on any atom is -0.497 e.